The third-order valence-corrected chi connectivity index (χ3v) is 5.51. The number of hydrogen-bond acceptors (Lipinski definition) is 2. The molecule has 4 rings (SSSR count). The first-order valence-corrected chi connectivity index (χ1v) is 9.67. The second-order valence-corrected chi connectivity index (χ2v) is 7.39. The summed E-state index contributed by atoms with van der Waals surface area (Å²) in [7, 11) is 0. The molecule has 1 aliphatic carbocycles. The number of benzene rings is 1. The van der Waals surface area contributed by atoms with Gasteiger partial charge in [-0.05, 0) is 57.1 Å². The first-order chi connectivity index (χ1) is 12.2. The molecule has 1 amide bonds. The smallest absolute Gasteiger partial charge is 0.257 e. The number of piperidine rings is 1. The van der Waals surface area contributed by atoms with Crippen molar-refractivity contribution in [1.29, 1.82) is 0 Å². The molecule has 0 unspecified atom stereocenters. The van der Waals surface area contributed by atoms with Crippen LogP contribution in [-0.2, 0) is 6.42 Å². The van der Waals surface area contributed by atoms with Gasteiger partial charge in [0.1, 0.15) is 0 Å². The molecule has 4 nitrogen and oxygen atoms in total. The predicted molar refractivity (Wildman–Crippen MR) is 99.4 cm³/mol. The SMILES string of the molecule is CCc1c(C(=O)N2CCCCC2)c(C2CC2)nn1-c1ccccc1C. The van der Waals surface area contributed by atoms with Crippen LogP contribution in [0.4, 0.5) is 0 Å². The van der Waals surface area contributed by atoms with E-state index in [0.717, 1.165) is 67.8 Å². The molecular formula is C21H27N3O. The van der Waals surface area contributed by atoms with Gasteiger partial charge in [-0.15, -0.1) is 0 Å². The van der Waals surface area contributed by atoms with Crippen molar-refractivity contribution in [2.24, 2.45) is 0 Å². The van der Waals surface area contributed by atoms with Crippen molar-refractivity contribution in [2.75, 3.05) is 13.1 Å². The van der Waals surface area contributed by atoms with E-state index in [9.17, 15) is 4.79 Å². The lowest BCUT2D eigenvalue weighted by Crippen LogP contribution is -2.36. The van der Waals surface area contributed by atoms with Gasteiger partial charge in [-0.1, -0.05) is 25.1 Å². The standard InChI is InChI=1S/C21H27N3O/c1-3-17-19(21(25)23-13-7-4-8-14-23)20(16-11-12-16)22-24(17)18-10-6-5-9-15(18)2/h5-6,9-10,16H,3-4,7-8,11-14H2,1-2H3. The third-order valence-electron chi connectivity index (χ3n) is 5.51. The van der Waals surface area contributed by atoms with Gasteiger partial charge in [0, 0.05) is 19.0 Å². The van der Waals surface area contributed by atoms with Crippen molar-refractivity contribution in [2.45, 2.75) is 58.3 Å². The summed E-state index contributed by atoms with van der Waals surface area (Å²) in [6, 6.07) is 8.31. The first-order valence-electron chi connectivity index (χ1n) is 9.67. The minimum Gasteiger partial charge on any atom is -0.339 e. The molecule has 2 aliphatic rings. The van der Waals surface area contributed by atoms with E-state index >= 15 is 0 Å². The molecule has 1 saturated carbocycles. The molecule has 0 N–H and O–H groups in total. The van der Waals surface area contributed by atoms with Crippen LogP contribution in [-0.4, -0.2) is 33.7 Å². The summed E-state index contributed by atoms with van der Waals surface area (Å²) in [5, 5.41) is 4.96. The molecule has 4 heteroatoms. The second-order valence-electron chi connectivity index (χ2n) is 7.39. The highest BCUT2D eigenvalue weighted by molar-refractivity contribution is 5.97. The molecule has 0 spiro atoms. The average Bonchev–Trinajstić information content (AvgIpc) is 3.42. The number of aryl methyl sites for hydroxylation is 1. The van der Waals surface area contributed by atoms with Crippen LogP contribution in [0.2, 0.25) is 0 Å². The van der Waals surface area contributed by atoms with E-state index in [0.29, 0.717) is 5.92 Å². The number of likely N-dealkylation sites (tertiary alicyclic amines) is 1. The summed E-state index contributed by atoms with van der Waals surface area (Å²) in [5.41, 5.74) is 5.30. The summed E-state index contributed by atoms with van der Waals surface area (Å²) < 4.78 is 2.04. The lowest BCUT2D eigenvalue weighted by molar-refractivity contribution is 0.0722. The van der Waals surface area contributed by atoms with Crippen molar-refractivity contribution in [3.8, 4) is 5.69 Å². The number of amides is 1. The summed E-state index contributed by atoms with van der Waals surface area (Å²) in [4.78, 5) is 15.4. The molecule has 1 aromatic carbocycles. The van der Waals surface area contributed by atoms with E-state index in [4.69, 9.17) is 5.10 Å². The minimum atomic E-state index is 0.207. The lowest BCUT2D eigenvalue weighted by atomic mass is 10.0. The minimum absolute atomic E-state index is 0.207. The van der Waals surface area contributed by atoms with E-state index in [2.05, 4.69) is 32.0 Å². The molecule has 0 bridgehead atoms. The summed E-state index contributed by atoms with van der Waals surface area (Å²) in [5.74, 6) is 0.678. The fraction of sp³-hybridized carbons (Fsp3) is 0.524. The molecule has 2 fully saturated rings. The zero-order chi connectivity index (χ0) is 17.4. The van der Waals surface area contributed by atoms with E-state index in [1.807, 2.05) is 15.6 Å². The summed E-state index contributed by atoms with van der Waals surface area (Å²) in [6.45, 7) is 6.03. The Morgan fingerprint density at radius 1 is 1.16 bits per heavy atom. The van der Waals surface area contributed by atoms with Crippen LogP contribution in [0.15, 0.2) is 24.3 Å². The zero-order valence-electron chi connectivity index (χ0n) is 15.3. The molecular weight excluding hydrogens is 310 g/mol. The average molecular weight is 337 g/mol. The van der Waals surface area contributed by atoms with Crippen LogP contribution in [0, 0.1) is 6.92 Å². The quantitative estimate of drug-likeness (QED) is 0.836. The normalized spacial score (nSPS) is 17.8. The fourth-order valence-corrected chi connectivity index (χ4v) is 3.93. The maximum Gasteiger partial charge on any atom is 0.257 e. The van der Waals surface area contributed by atoms with Gasteiger partial charge in [0.2, 0.25) is 0 Å². The predicted octanol–water partition coefficient (Wildman–Crippen LogP) is 4.25. The number of carbonyl (C=O) groups excluding carboxylic acids is 1. The largest absolute Gasteiger partial charge is 0.339 e. The van der Waals surface area contributed by atoms with E-state index < -0.39 is 0 Å². The molecule has 0 radical (unpaired) electrons. The summed E-state index contributed by atoms with van der Waals surface area (Å²) >= 11 is 0. The van der Waals surface area contributed by atoms with Gasteiger partial charge in [-0.2, -0.15) is 5.10 Å². The van der Waals surface area contributed by atoms with Crippen molar-refractivity contribution in [3.05, 3.63) is 46.8 Å². The topological polar surface area (TPSA) is 38.1 Å². The van der Waals surface area contributed by atoms with Crippen molar-refractivity contribution in [1.82, 2.24) is 14.7 Å². The maximum atomic E-state index is 13.3. The Kier molecular flexibility index (Phi) is 4.36. The van der Waals surface area contributed by atoms with Crippen LogP contribution in [0.1, 0.15) is 72.3 Å². The maximum absolute atomic E-state index is 13.3. The number of rotatable bonds is 4. The molecule has 25 heavy (non-hydrogen) atoms. The molecule has 1 saturated heterocycles. The van der Waals surface area contributed by atoms with Gasteiger partial charge in [0.25, 0.3) is 5.91 Å². The lowest BCUT2D eigenvalue weighted by Gasteiger charge is -2.27. The Labute approximate surface area is 149 Å². The monoisotopic (exact) mass is 337 g/mol. The number of nitrogens with zero attached hydrogens (tertiary/aromatic N) is 3. The zero-order valence-corrected chi connectivity index (χ0v) is 15.3. The van der Waals surface area contributed by atoms with Crippen LogP contribution < -0.4 is 0 Å². The van der Waals surface area contributed by atoms with Gasteiger partial charge in [0.05, 0.1) is 22.6 Å². The number of para-hydroxylation sites is 1. The van der Waals surface area contributed by atoms with E-state index in [-0.39, 0.29) is 5.91 Å². The Morgan fingerprint density at radius 3 is 2.52 bits per heavy atom. The van der Waals surface area contributed by atoms with Crippen molar-refractivity contribution in [3.63, 3.8) is 0 Å². The van der Waals surface area contributed by atoms with E-state index in [1.165, 1.54) is 12.0 Å². The van der Waals surface area contributed by atoms with Crippen LogP contribution in [0.25, 0.3) is 5.69 Å². The highest BCUT2D eigenvalue weighted by atomic mass is 16.2. The Bertz CT molecular complexity index is 782. The highest BCUT2D eigenvalue weighted by Crippen LogP contribution is 2.42. The summed E-state index contributed by atoms with van der Waals surface area (Å²) in [6.07, 6.45) is 6.63. The van der Waals surface area contributed by atoms with Crippen LogP contribution in [0.5, 0.6) is 0 Å². The third kappa shape index (κ3) is 2.99. The molecule has 1 aromatic heterocycles. The number of hydrogen-bond donors (Lipinski definition) is 0. The Hall–Kier alpha value is -2.10. The second kappa shape index (κ2) is 6.66. The molecule has 1 aliphatic heterocycles. The molecule has 2 aromatic rings. The molecule has 2 heterocycles. The van der Waals surface area contributed by atoms with E-state index in [1.54, 1.807) is 0 Å². The van der Waals surface area contributed by atoms with Crippen molar-refractivity contribution >= 4 is 5.91 Å². The van der Waals surface area contributed by atoms with Gasteiger partial charge in [-0.3, -0.25) is 4.79 Å². The number of aromatic nitrogens is 2. The van der Waals surface area contributed by atoms with Gasteiger partial charge < -0.3 is 4.90 Å². The van der Waals surface area contributed by atoms with Gasteiger partial charge >= 0.3 is 0 Å². The van der Waals surface area contributed by atoms with Crippen molar-refractivity contribution < 1.29 is 4.79 Å². The van der Waals surface area contributed by atoms with Gasteiger partial charge in [-0.25, -0.2) is 4.68 Å². The fourth-order valence-electron chi connectivity index (χ4n) is 3.93. The van der Waals surface area contributed by atoms with Crippen LogP contribution in [0.3, 0.4) is 0 Å². The first kappa shape index (κ1) is 16.4. The highest BCUT2D eigenvalue weighted by Gasteiger charge is 2.36. The number of carbonyl (C=O) groups is 1. The Balaban J connectivity index is 1.82. The molecule has 132 valence electrons. The van der Waals surface area contributed by atoms with Crippen LogP contribution >= 0.6 is 0 Å². The Morgan fingerprint density at radius 2 is 1.88 bits per heavy atom. The molecule has 0 atom stereocenters. The van der Waals surface area contributed by atoms with Gasteiger partial charge in [0.15, 0.2) is 0 Å².